The Kier molecular flexibility index (Phi) is 7.41. The molecule has 1 spiro atoms. The summed E-state index contributed by atoms with van der Waals surface area (Å²) >= 11 is 0. The predicted octanol–water partition coefficient (Wildman–Crippen LogP) is 1.71. The van der Waals surface area contributed by atoms with Crippen LogP contribution in [0, 0.1) is 11.3 Å². The largest absolute Gasteiger partial charge is 0.410 e. The van der Waals surface area contributed by atoms with E-state index in [9.17, 15) is 14.7 Å². The van der Waals surface area contributed by atoms with Gasteiger partial charge in [0.25, 0.3) is 11.8 Å². The number of aromatic nitrogens is 2. The molecule has 40 heavy (non-hydrogen) atoms. The van der Waals surface area contributed by atoms with Gasteiger partial charge in [0.15, 0.2) is 0 Å². The van der Waals surface area contributed by atoms with Crippen LogP contribution in [-0.4, -0.2) is 80.5 Å². The molecule has 11 heteroatoms. The molecule has 0 radical (unpaired) electrons. The van der Waals surface area contributed by atoms with E-state index in [0.717, 1.165) is 58.0 Å². The van der Waals surface area contributed by atoms with Gasteiger partial charge in [0.05, 0.1) is 6.10 Å². The van der Waals surface area contributed by atoms with Gasteiger partial charge in [-0.05, 0) is 61.5 Å². The molecule has 0 unspecified atom stereocenters. The standard InChI is InChI=1S/C29H37N7O4/c37-23(16-36-8-7-18-3-1-2-4-20(18)15-36)14-30-27(38)24-9-25(32-17-31-24)33-21-10-29(11-21)12-22(13-29)34-28(39)26(35-40)19-5-6-19/h1-4,9,17,19,21-23,37,40H,5-8,10-16H2,(H,30,38)(H,34,39)(H,31,32,33)/t21?,22?,23-,29?/m0/s1. The second kappa shape index (κ2) is 11.1. The number of rotatable bonds is 10. The number of β-amino-alcohol motifs (C(OH)–C–C–N with tert-alkyl or cyclic N) is 1. The van der Waals surface area contributed by atoms with Crippen molar-refractivity contribution >= 4 is 23.3 Å². The first kappa shape index (κ1) is 26.6. The Morgan fingerprint density at radius 1 is 1.10 bits per heavy atom. The molecule has 0 bridgehead atoms. The molecule has 3 fully saturated rings. The number of hydrogen-bond acceptors (Lipinski definition) is 9. The van der Waals surface area contributed by atoms with E-state index in [1.165, 1.54) is 17.5 Å². The van der Waals surface area contributed by atoms with Crippen molar-refractivity contribution in [1.82, 2.24) is 25.5 Å². The maximum atomic E-state index is 12.7. The molecule has 3 saturated carbocycles. The first-order valence-corrected chi connectivity index (χ1v) is 14.3. The van der Waals surface area contributed by atoms with E-state index >= 15 is 0 Å². The van der Waals surface area contributed by atoms with E-state index in [1.807, 2.05) is 6.07 Å². The highest BCUT2D eigenvalue weighted by Gasteiger charge is 2.53. The van der Waals surface area contributed by atoms with Gasteiger partial charge in [0.2, 0.25) is 0 Å². The number of amides is 2. The van der Waals surface area contributed by atoms with Gasteiger partial charge < -0.3 is 26.3 Å². The molecule has 2 aromatic rings. The van der Waals surface area contributed by atoms with E-state index in [0.29, 0.717) is 12.4 Å². The third kappa shape index (κ3) is 5.95. The SMILES string of the molecule is O=C(NC1CC2(C1)CC(Nc1cc(C(=O)NC[C@H](O)CN3CCc4ccccc4C3)ncn1)C2)C(=NO)C1CC1. The molecule has 2 amide bonds. The summed E-state index contributed by atoms with van der Waals surface area (Å²) in [6.07, 6.45) is 7.29. The highest BCUT2D eigenvalue weighted by molar-refractivity contribution is 6.40. The van der Waals surface area contributed by atoms with Gasteiger partial charge in [-0.15, -0.1) is 0 Å². The van der Waals surface area contributed by atoms with Crippen molar-refractivity contribution in [2.24, 2.45) is 16.5 Å². The zero-order valence-electron chi connectivity index (χ0n) is 22.6. The number of carbonyl (C=O) groups is 2. The minimum absolute atomic E-state index is 0.111. The lowest BCUT2D eigenvalue weighted by Crippen LogP contribution is -2.59. The van der Waals surface area contributed by atoms with Crippen molar-refractivity contribution in [2.45, 2.75) is 69.7 Å². The summed E-state index contributed by atoms with van der Waals surface area (Å²) in [6.45, 7) is 2.34. The fourth-order valence-corrected chi connectivity index (χ4v) is 6.58. The third-order valence-corrected chi connectivity index (χ3v) is 8.79. The first-order valence-electron chi connectivity index (χ1n) is 14.3. The normalized spacial score (nSPS) is 26.7. The third-order valence-electron chi connectivity index (χ3n) is 8.79. The van der Waals surface area contributed by atoms with Crippen molar-refractivity contribution in [2.75, 3.05) is 25.0 Å². The number of aliphatic hydroxyl groups is 1. The fraction of sp³-hybridized carbons (Fsp3) is 0.552. The van der Waals surface area contributed by atoms with Crippen molar-refractivity contribution in [3.8, 4) is 0 Å². The highest BCUT2D eigenvalue weighted by Crippen LogP contribution is 2.56. The van der Waals surface area contributed by atoms with Crippen LogP contribution in [0.1, 0.15) is 60.1 Å². The number of fused-ring (bicyclic) bond motifs is 1. The van der Waals surface area contributed by atoms with Crippen molar-refractivity contribution < 1.29 is 19.9 Å². The highest BCUT2D eigenvalue weighted by atomic mass is 16.4. The molecule has 11 nitrogen and oxygen atoms in total. The second-order valence-electron chi connectivity index (χ2n) is 12.0. The number of benzene rings is 1. The lowest BCUT2D eigenvalue weighted by Gasteiger charge is -2.57. The van der Waals surface area contributed by atoms with Crippen LogP contribution in [0.4, 0.5) is 5.82 Å². The van der Waals surface area contributed by atoms with Gasteiger partial charge in [-0.2, -0.15) is 0 Å². The molecule has 1 atom stereocenters. The molecule has 1 aromatic heterocycles. The first-order chi connectivity index (χ1) is 19.4. The molecular weight excluding hydrogens is 510 g/mol. The minimum Gasteiger partial charge on any atom is -0.410 e. The Labute approximate surface area is 233 Å². The summed E-state index contributed by atoms with van der Waals surface area (Å²) < 4.78 is 0. The summed E-state index contributed by atoms with van der Waals surface area (Å²) in [7, 11) is 0. The molecular formula is C29H37N7O4. The van der Waals surface area contributed by atoms with Gasteiger partial charge in [-0.1, -0.05) is 29.4 Å². The average molecular weight is 548 g/mol. The Morgan fingerprint density at radius 2 is 1.85 bits per heavy atom. The van der Waals surface area contributed by atoms with Gasteiger partial charge in [-0.25, -0.2) is 9.97 Å². The number of anilines is 1. The second-order valence-corrected chi connectivity index (χ2v) is 12.0. The van der Waals surface area contributed by atoms with Gasteiger partial charge >= 0.3 is 0 Å². The average Bonchev–Trinajstić information content (AvgIpc) is 3.75. The zero-order valence-corrected chi connectivity index (χ0v) is 22.6. The monoisotopic (exact) mass is 547 g/mol. The van der Waals surface area contributed by atoms with Gasteiger partial charge in [0, 0.05) is 50.2 Å². The topological polar surface area (TPSA) is 152 Å². The maximum Gasteiger partial charge on any atom is 0.270 e. The molecule has 4 aliphatic rings. The Hall–Kier alpha value is -3.57. The Bertz CT molecular complexity index is 1280. The molecule has 5 N–H and O–H groups in total. The molecule has 2 heterocycles. The zero-order chi connectivity index (χ0) is 27.7. The van der Waals surface area contributed by atoms with Crippen LogP contribution >= 0.6 is 0 Å². The van der Waals surface area contributed by atoms with E-state index in [-0.39, 0.29) is 53.2 Å². The summed E-state index contributed by atoms with van der Waals surface area (Å²) in [5.74, 6) is 0.132. The van der Waals surface area contributed by atoms with E-state index in [2.05, 4.69) is 54.2 Å². The molecule has 212 valence electrons. The van der Waals surface area contributed by atoms with E-state index < -0.39 is 6.10 Å². The summed E-state index contributed by atoms with van der Waals surface area (Å²) in [5.41, 5.74) is 3.41. The smallest absolute Gasteiger partial charge is 0.270 e. The fourth-order valence-electron chi connectivity index (χ4n) is 6.58. The van der Waals surface area contributed by atoms with Crippen molar-refractivity contribution in [1.29, 1.82) is 0 Å². The number of nitrogens with zero attached hydrogens (tertiary/aromatic N) is 4. The number of oxime groups is 1. The van der Waals surface area contributed by atoms with Crippen LogP contribution < -0.4 is 16.0 Å². The van der Waals surface area contributed by atoms with Crippen LogP contribution in [0.15, 0.2) is 41.8 Å². The molecule has 6 rings (SSSR count). The number of nitrogens with one attached hydrogen (secondary N) is 3. The number of hydrogen-bond donors (Lipinski definition) is 5. The van der Waals surface area contributed by atoms with Crippen LogP contribution in [0.2, 0.25) is 0 Å². The van der Waals surface area contributed by atoms with E-state index in [1.54, 1.807) is 6.07 Å². The molecule has 0 saturated heterocycles. The maximum absolute atomic E-state index is 12.7. The summed E-state index contributed by atoms with van der Waals surface area (Å²) in [4.78, 5) is 35.6. The Morgan fingerprint density at radius 3 is 2.60 bits per heavy atom. The molecule has 1 aromatic carbocycles. The molecule has 1 aliphatic heterocycles. The lowest BCUT2D eigenvalue weighted by atomic mass is 9.52. The lowest BCUT2D eigenvalue weighted by molar-refractivity contribution is -0.118. The predicted molar refractivity (Wildman–Crippen MR) is 148 cm³/mol. The summed E-state index contributed by atoms with van der Waals surface area (Å²) in [5, 5.41) is 32.1. The van der Waals surface area contributed by atoms with Gasteiger partial charge in [0.1, 0.15) is 23.6 Å². The van der Waals surface area contributed by atoms with Gasteiger partial charge in [-0.3, -0.25) is 14.5 Å². The quantitative estimate of drug-likeness (QED) is 0.171. The van der Waals surface area contributed by atoms with Crippen molar-refractivity contribution in [3.05, 3.63) is 53.5 Å². The number of carbonyl (C=O) groups excluding carboxylic acids is 2. The van der Waals surface area contributed by atoms with Crippen LogP contribution in [-0.2, 0) is 17.8 Å². The van der Waals surface area contributed by atoms with Crippen LogP contribution in [0.25, 0.3) is 0 Å². The molecule has 3 aliphatic carbocycles. The minimum atomic E-state index is -0.674. The summed E-state index contributed by atoms with van der Waals surface area (Å²) in [6, 6.07) is 10.4. The van der Waals surface area contributed by atoms with Crippen molar-refractivity contribution in [3.63, 3.8) is 0 Å². The number of aliphatic hydroxyl groups excluding tert-OH is 1. The Balaban J connectivity index is 0.912. The van der Waals surface area contributed by atoms with E-state index in [4.69, 9.17) is 5.21 Å². The van der Waals surface area contributed by atoms with Crippen LogP contribution in [0.3, 0.4) is 0 Å². The van der Waals surface area contributed by atoms with Crippen LogP contribution in [0.5, 0.6) is 0 Å².